The van der Waals surface area contributed by atoms with E-state index in [0.29, 0.717) is 0 Å². The van der Waals surface area contributed by atoms with Crippen LogP contribution in [-0.4, -0.2) is 31.6 Å². The van der Waals surface area contributed by atoms with Crippen LogP contribution in [0.4, 0.5) is 0 Å². The van der Waals surface area contributed by atoms with Crippen molar-refractivity contribution in [1.82, 2.24) is 4.90 Å². The Morgan fingerprint density at radius 2 is 2.14 bits per heavy atom. The molecule has 2 atom stereocenters. The van der Waals surface area contributed by atoms with E-state index in [0.717, 1.165) is 42.9 Å². The molecule has 0 radical (unpaired) electrons. The van der Waals surface area contributed by atoms with Crippen molar-refractivity contribution in [2.75, 3.05) is 20.8 Å². The maximum absolute atomic E-state index is 12.5. The van der Waals surface area contributed by atoms with E-state index in [1.165, 1.54) is 0 Å². The molecule has 0 aliphatic carbocycles. The average molecular weight is 291 g/mol. The zero-order valence-corrected chi connectivity index (χ0v) is 13.4. The number of carbonyl (C=O) groups excluding carboxylic acids is 1. The van der Waals surface area contributed by atoms with Gasteiger partial charge in [0, 0.05) is 24.1 Å². The minimum atomic E-state index is 0.0786. The number of rotatable bonds is 5. The topological polar surface area (TPSA) is 38.8 Å². The van der Waals surface area contributed by atoms with Gasteiger partial charge in [-0.15, -0.1) is 0 Å². The highest BCUT2D eigenvalue weighted by Gasteiger charge is 2.33. The van der Waals surface area contributed by atoms with E-state index < -0.39 is 0 Å². The van der Waals surface area contributed by atoms with Crippen LogP contribution in [0.5, 0.6) is 11.5 Å². The van der Waals surface area contributed by atoms with Crippen molar-refractivity contribution in [2.45, 2.75) is 39.2 Å². The zero-order chi connectivity index (χ0) is 15.4. The lowest BCUT2D eigenvalue weighted by Crippen LogP contribution is -2.34. The predicted octanol–water partition coefficient (Wildman–Crippen LogP) is 3.41. The summed E-state index contributed by atoms with van der Waals surface area (Å²) < 4.78 is 10.7. The summed E-state index contributed by atoms with van der Waals surface area (Å²) in [7, 11) is 3.30. The average Bonchev–Trinajstić information content (AvgIpc) is 3.01. The van der Waals surface area contributed by atoms with Crippen molar-refractivity contribution < 1.29 is 14.3 Å². The van der Waals surface area contributed by atoms with E-state index in [9.17, 15) is 4.79 Å². The summed E-state index contributed by atoms with van der Waals surface area (Å²) in [6, 6.07) is 5.96. The summed E-state index contributed by atoms with van der Waals surface area (Å²) in [5.41, 5.74) is 1.08. The molecule has 1 aromatic rings. The highest BCUT2D eigenvalue weighted by Crippen LogP contribution is 2.39. The van der Waals surface area contributed by atoms with Gasteiger partial charge in [0.05, 0.1) is 20.3 Å². The van der Waals surface area contributed by atoms with Crippen molar-refractivity contribution in [1.29, 1.82) is 0 Å². The highest BCUT2D eigenvalue weighted by molar-refractivity contribution is 5.79. The molecule has 0 N–H and O–H groups in total. The first-order valence-electron chi connectivity index (χ1n) is 7.64. The lowest BCUT2D eigenvalue weighted by atomic mass is 10.0. The number of nitrogens with zero attached hydrogens (tertiary/aromatic N) is 1. The summed E-state index contributed by atoms with van der Waals surface area (Å²) in [5.74, 6) is 1.89. The molecule has 0 bridgehead atoms. The van der Waals surface area contributed by atoms with E-state index >= 15 is 0 Å². The molecule has 0 spiro atoms. The third-order valence-electron chi connectivity index (χ3n) is 4.37. The van der Waals surface area contributed by atoms with Crippen molar-refractivity contribution in [3.63, 3.8) is 0 Å². The van der Waals surface area contributed by atoms with Crippen molar-refractivity contribution in [2.24, 2.45) is 5.92 Å². The van der Waals surface area contributed by atoms with Crippen LogP contribution >= 0.6 is 0 Å². The quantitative estimate of drug-likeness (QED) is 0.834. The van der Waals surface area contributed by atoms with Gasteiger partial charge in [-0.3, -0.25) is 4.79 Å². The normalized spacial score (nSPS) is 19.4. The molecule has 116 valence electrons. The Kier molecular flexibility index (Phi) is 5.10. The molecule has 1 aliphatic rings. The maximum Gasteiger partial charge on any atom is 0.225 e. The fourth-order valence-electron chi connectivity index (χ4n) is 2.91. The van der Waals surface area contributed by atoms with Gasteiger partial charge < -0.3 is 14.4 Å². The lowest BCUT2D eigenvalue weighted by molar-refractivity contribution is -0.136. The summed E-state index contributed by atoms with van der Waals surface area (Å²) in [4.78, 5) is 14.6. The van der Waals surface area contributed by atoms with Crippen LogP contribution in [0.15, 0.2) is 18.2 Å². The maximum atomic E-state index is 12.5. The second-order valence-corrected chi connectivity index (χ2v) is 5.61. The van der Waals surface area contributed by atoms with E-state index in [2.05, 4.69) is 6.92 Å². The smallest absolute Gasteiger partial charge is 0.225 e. The van der Waals surface area contributed by atoms with Gasteiger partial charge in [-0.05, 0) is 31.4 Å². The molecule has 1 amide bonds. The standard InChI is InChI=1S/C17H25NO3/c1-5-12(2)17(19)18-10-6-7-15(18)14-9-8-13(20-3)11-16(14)21-4/h8-9,11-12,15H,5-7,10H2,1-4H3. The Labute approximate surface area is 127 Å². The van der Waals surface area contributed by atoms with Gasteiger partial charge in [-0.1, -0.05) is 13.8 Å². The number of hydrogen-bond donors (Lipinski definition) is 0. The molecule has 1 heterocycles. The minimum Gasteiger partial charge on any atom is -0.497 e. The largest absolute Gasteiger partial charge is 0.497 e. The second kappa shape index (κ2) is 6.83. The molecule has 1 saturated heterocycles. The Balaban J connectivity index is 2.29. The SMILES string of the molecule is CCC(C)C(=O)N1CCCC1c1ccc(OC)cc1OC. The van der Waals surface area contributed by atoms with Gasteiger partial charge in [-0.2, -0.15) is 0 Å². The fraction of sp³-hybridized carbons (Fsp3) is 0.588. The van der Waals surface area contributed by atoms with E-state index in [-0.39, 0.29) is 17.9 Å². The van der Waals surface area contributed by atoms with Gasteiger partial charge in [0.1, 0.15) is 11.5 Å². The number of likely N-dealkylation sites (tertiary alicyclic amines) is 1. The Morgan fingerprint density at radius 3 is 2.76 bits per heavy atom. The molecule has 1 fully saturated rings. The van der Waals surface area contributed by atoms with Crippen LogP contribution in [0.3, 0.4) is 0 Å². The summed E-state index contributed by atoms with van der Waals surface area (Å²) >= 11 is 0. The molecule has 0 aromatic heterocycles. The Morgan fingerprint density at radius 1 is 1.38 bits per heavy atom. The lowest BCUT2D eigenvalue weighted by Gasteiger charge is -2.28. The molecular formula is C17H25NO3. The summed E-state index contributed by atoms with van der Waals surface area (Å²) in [6.45, 7) is 4.90. The number of methoxy groups -OCH3 is 2. The molecule has 1 aromatic carbocycles. The van der Waals surface area contributed by atoms with E-state index in [1.54, 1.807) is 14.2 Å². The Bertz CT molecular complexity index is 501. The van der Waals surface area contributed by atoms with E-state index in [1.807, 2.05) is 30.0 Å². The van der Waals surface area contributed by atoms with Crippen LogP contribution < -0.4 is 9.47 Å². The van der Waals surface area contributed by atoms with Gasteiger partial charge in [0.15, 0.2) is 0 Å². The monoisotopic (exact) mass is 291 g/mol. The summed E-state index contributed by atoms with van der Waals surface area (Å²) in [5, 5.41) is 0. The van der Waals surface area contributed by atoms with Crippen LogP contribution in [0.2, 0.25) is 0 Å². The van der Waals surface area contributed by atoms with Crippen molar-refractivity contribution >= 4 is 5.91 Å². The molecule has 0 saturated carbocycles. The number of ether oxygens (including phenoxy) is 2. The van der Waals surface area contributed by atoms with Crippen LogP contribution in [-0.2, 0) is 4.79 Å². The number of amides is 1. The third kappa shape index (κ3) is 3.14. The summed E-state index contributed by atoms with van der Waals surface area (Å²) in [6.07, 6.45) is 2.91. The number of hydrogen-bond acceptors (Lipinski definition) is 3. The van der Waals surface area contributed by atoms with Gasteiger partial charge in [0.25, 0.3) is 0 Å². The van der Waals surface area contributed by atoms with Gasteiger partial charge >= 0.3 is 0 Å². The molecule has 4 heteroatoms. The predicted molar refractivity (Wildman–Crippen MR) is 82.7 cm³/mol. The molecule has 2 rings (SSSR count). The Hall–Kier alpha value is -1.71. The molecule has 2 unspecified atom stereocenters. The van der Waals surface area contributed by atoms with E-state index in [4.69, 9.17) is 9.47 Å². The first-order chi connectivity index (χ1) is 10.1. The second-order valence-electron chi connectivity index (χ2n) is 5.61. The van der Waals surface area contributed by atoms with Gasteiger partial charge in [-0.25, -0.2) is 0 Å². The van der Waals surface area contributed by atoms with Crippen LogP contribution in [0.1, 0.15) is 44.7 Å². The van der Waals surface area contributed by atoms with Crippen molar-refractivity contribution in [3.05, 3.63) is 23.8 Å². The first-order valence-corrected chi connectivity index (χ1v) is 7.64. The zero-order valence-electron chi connectivity index (χ0n) is 13.4. The van der Waals surface area contributed by atoms with Crippen LogP contribution in [0, 0.1) is 5.92 Å². The van der Waals surface area contributed by atoms with Crippen molar-refractivity contribution in [3.8, 4) is 11.5 Å². The third-order valence-corrected chi connectivity index (χ3v) is 4.37. The van der Waals surface area contributed by atoms with Gasteiger partial charge in [0.2, 0.25) is 5.91 Å². The fourth-order valence-corrected chi connectivity index (χ4v) is 2.91. The number of benzene rings is 1. The molecule has 21 heavy (non-hydrogen) atoms. The minimum absolute atomic E-state index is 0.0786. The number of carbonyl (C=O) groups is 1. The van der Waals surface area contributed by atoms with Crippen LogP contribution in [0.25, 0.3) is 0 Å². The first kappa shape index (κ1) is 15.7. The highest BCUT2D eigenvalue weighted by atomic mass is 16.5. The molecule has 4 nitrogen and oxygen atoms in total. The molecular weight excluding hydrogens is 266 g/mol. The molecule has 1 aliphatic heterocycles.